The molecule has 4 heterocycles. The minimum Gasteiger partial charge on any atom is -0.508 e. The first kappa shape index (κ1) is 37.6. The van der Waals surface area contributed by atoms with Crippen LogP contribution in [0.3, 0.4) is 0 Å². The molecule has 7 N–H and O–H groups in total. The summed E-state index contributed by atoms with van der Waals surface area (Å²) in [6.45, 7) is 4.19. The number of phenolic OH excluding ortho intramolecular Hbond substituents is 1. The molecule has 3 aromatic carbocycles. The number of nitrogens with one attached hydrogen (secondary N) is 2. The lowest BCUT2D eigenvalue weighted by Crippen LogP contribution is -3.08. The van der Waals surface area contributed by atoms with Crippen molar-refractivity contribution in [1.29, 1.82) is 0 Å². The Morgan fingerprint density at radius 2 is 1.73 bits per heavy atom. The fraction of sp³-hybridized carbons (Fsp3) is 0.282. The van der Waals surface area contributed by atoms with E-state index < -0.39 is 55.0 Å². The van der Waals surface area contributed by atoms with E-state index in [1.165, 1.54) is 43.6 Å². The lowest BCUT2D eigenvalue weighted by Gasteiger charge is -2.42. The monoisotopic (exact) mass is 756 g/mol. The number of phenols is 1. The number of hydrogen-bond acceptors (Lipinski definition) is 14. The second kappa shape index (κ2) is 15.2. The molecule has 1 saturated heterocycles. The van der Waals surface area contributed by atoms with Crippen molar-refractivity contribution in [2.24, 2.45) is 4.99 Å². The lowest BCUT2D eigenvalue weighted by molar-refractivity contribution is -1.04. The molecule has 0 amide bonds. The highest BCUT2D eigenvalue weighted by atomic mass is 16.8. The van der Waals surface area contributed by atoms with Gasteiger partial charge in [-0.05, 0) is 68.9 Å². The number of aliphatic carboxylic acids is 1. The molecule has 16 nitrogen and oxygen atoms in total. The van der Waals surface area contributed by atoms with Gasteiger partial charge in [0.15, 0.2) is 17.2 Å². The Balaban J connectivity index is 1.22. The summed E-state index contributed by atoms with van der Waals surface area (Å²) < 4.78 is 22.9. The molecule has 0 spiro atoms. The van der Waals surface area contributed by atoms with Crippen molar-refractivity contribution in [3.05, 3.63) is 111 Å². The Bertz CT molecular complexity index is 2280. The third-order valence-corrected chi connectivity index (χ3v) is 9.49. The van der Waals surface area contributed by atoms with Crippen LogP contribution in [0, 0.1) is 13.8 Å². The molecule has 55 heavy (non-hydrogen) atoms. The van der Waals surface area contributed by atoms with Gasteiger partial charge in [0.2, 0.25) is 24.7 Å². The molecule has 8 atom stereocenters. The zero-order valence-electron chi connectivity index (χ0n) is 29.7. The van der Waals surface area contributed by atoms with E-state index in [0.717, 1.165) is 22.3 Å². The van der Waals surface area contributed by atoms with Crippen LogP contribution in [0.1, 0.15) is 16.7 Å². The Morgan fingerprint density at radius 3 is 2.42 bits per heavy atom. The van der Waals surface area contributed by atoms with E-state index >= 15 is 0 Å². The maximum atomic E-state index is 13.4. The number of likely N-dealkylation sites (N-methyl/N-ethyl adjacent to an activating group) is 1. The van der Waals surface area contributed by atoms with Gasteiger partial charge >= 0.3 is 11.9 Å². The van der Waals surface area contributed by atoms with Gasteiger partial charge in [0.05, 0.1) is 10.9 Å². The number of carbonyl (C=O) groups is 2. The zero-order valence-corrected chi connectivity index (χ0v) is 29.7. The number of aromatic hydroxyl groups is 1. The normalized spacial score (nSPS) is 24.4. The standard InChI is InChI=1S/C39H37N3O13/c1-18-12-19(2)14-22(13-18)30-28-21(10-11-41-28)16-42(30)55-35-33(46)32(45)34(38(50)54-37(49)29(40-3)36(47)48)53-39(35)52-24-8-9-25-27(15-24)51-17-26(31(25)44)20-4-6-23(43)7-5-20/h4-15,17,29,32-35,38-40,43,45-46,50H,16H2,1-3H3,(H,47,48)/p+1. The Kier molecular flexibility index (Phi) is 10.4. The van der Waals surface area contributed by atoms with Crippen molar-refractivity contribution < 1.29 is 63.7 Å². The summed E-state index contributed by atoms with van der Waals surface area (Å²) in [4.78, 5) is 48.5. The Hall–Kier alpha value is -5.72. The van der Waals surface area contributed by atoms with Crippen LogP contribution < -0.4 is 20.5 Å². The smallest absolute Gasteiger partial charge is 0.337 e. The summed E-state index contributed by atoms with van der Waals surface area (Å²) >= 11 is 0. The van der Waals surface area contributed by atoms with Crippen molar-refractivity contribution in [2.75, 3.05) is 13.6 Å². The largest absolute Gasteiger partial charge is 0.508 e. The Labute approximate surface area is 312 Å². The first-order valence-electron chi connectivity index (χ1n) is 17.2. The highest BCUT2D eigenvalue weighted by Crippen LogP contribution is 2.33. The van der Waals surface area contributed by atoms with E-state index in [1.54, 1.807) is 18.3 Å². The maximum absolute atomic E-state index is 13.4. The molecule has 1 fully saturated rings. The number of carboxylic acid groups (broad SMARTS) is 1. The number of benzene rings is 3. The number of carbonyl (C=O) groups excluding carboxylic acids is 1. The fourth-order valence-electron chi connectivity index (χ4n) is 6.88. The number of quaternary nitrogens is 1. The number of carboxylic acids is 1. The topological polar surface area (TPSA) is 231 Å². The van der Waals surface area contributed by atoms with Crippen molar-refractivity contribution in [3.63, 3.8) is 0 Å². The summed E-state index contributed by atoms with van der Waals surface area (Å²) in [5.41, 5.74) is 5.54. The SMILES string of the molecule is CNC(C(=O)O)C(=O)OC(O)C1OC(Oc2ccc3c(=O)c(-c4ccc(O)cc4)coc3c2)C(O[NH+]2CC3=CC=NC3=C2c2cc(C)cc(C)c2)C(O)C1O. The molecule has 4 aromatic rings. The predicted octanol–water partition coefficient (Wildman–Crippen LogP) is 0.720. The highest BCUT2D eigenvalue weighted by Gasteiger charge is 2.53. The number of esters is 1. The fourth-order valence-corrected chi connectivity index (χ4v) is 6.88. The number of fused-ring (bicyclic) bond motifs is 2. The lowest BCUT2D eigenvalue weighted by atomic mass is 9.98. The van der Waals surface area contributed by atoms with Crippen molar-refractivity contribution >= 4 is 34.8 Å². The molecule has 1 aromatic heterocycles. The number of ether oxygens (including phenoxy) is 3. The maximum Gasteiger partial charge on any atom is 0.337 e. The van der Waals surface area contributed by atoms with Gasteiger partial charge in [0.25, 0.3) is 0 Å². The van der Waals surface area contributed by atoms with Crippen LogP contribution in [0.15, 0.2) is 98.5 Å². The molecule has 0 radical (unpaired) electrons. The van der Waals surface area contributed by atoms with Crippen LogP contribution in [0.2, 0.25) is 0 Å². The molecule has 7 rings (SSSR count). The second-order valence-electron chi connectivity index (χ2n) is 13.4. The minimum atomic E-state index is -2.27. The van der Waals surface area contributed by atoms with Crippen LogP contribution in [0.4, 0.5) is 0 Å². The van der Waals surface area contributed by atoms with Gasteiger partial charge in [0, 0.05) is 23.4 Å². The van der Waals surface area contributed by atoms with Gasteiger partial charge in [-0.3, -0.25) is 10.1 Å². The average Bonchev–Trinajstić information content (AvgIpc) is 3.73. The van der Waals surface area contributed by atoms with E-state index in [1.807, 2.05) is 38.1 Å². The van der Waals surface area contributed by atoms with Crippen LogP contribution in [0.5, 0.6) is 11.5 Å². The van der Waals surface area contributed by atoms with Gasteiger partial charge in [-0.1, -0.05) is 29.3 Å². The third-order valence-electron chi connectivity index (χ3n) is 9.49. The summed E-state index contributed by atoms with van der Waals surface area (Å²) in [5, 5.41) is 55.7. The molecule has 0 saturated carbocycles. The van der Waals surface area contributed by atoms with E-state index in [-0.39, 0.29) is 40.0 Å². The number of allylic oxidation sites excluding steroid dienone is 1. The number of aliphatic hydroxyl groups is 3. The Morgan fingerprint density at radius 1 is 1.00 bits per heavy atom. The average molecular weight is 757 g/mol. The van der Waals surface area contributed by atoms with Gasteiger partial charge < -0.3 is 44.2 Å². The summed E-state index contributed by atoms with van der Waals surface area (Å²) in [6, 6.07) is 14.5. The van der Waals surface area contributed by atoms with Gasteiger partial charge in [-0.25, -0.2) is 14.6 Å². The summed E-state index contributed by atoms with van der Waals surface area (Å²) in [6.07, 6.45) is -6.18. The van der Waals surface area contributed by atoms with Crippen LogP contribution in [-0.4, -0.2) is 100 Å². The number of nitrogens with zero attached hydrogens (tertiary/aromatic N) is 1. The number of hydroxylamine groups is 2. The van der Waals surface area contributed by atoms with Crippen LogP contribution in [0.25, 0.3) is 27.8 Å². The molecular weight excluding hydrogens is 718 g/mol. The van der Waals surface area contributed by atoms with Crippen LogP contribution >= 0.6 is 0 Å². The van der Waals surface area contributed by atoms with E-state index in [9.17, 15) is 39.9 Å². The van der Waals surface area contributed by atoms with Gasteiger partial charge in [-0.2, -0.15) is 9.90 Å². The number of rotatable bonds is 11. The van der Waals surface area contributed by atoms with E-state index in [4.69, 9.17) is 23.5 Å². The number of aryl methyl sites for hydroxylation is 2. The van der Waals surface area contributed by atoms with Gasteiger partial charge in [0.1, 0.15) is 47.8 Å². The first-order chi connectivity index (χ1) is 26.3. The number of aliphatic imine (C=N–C) groups is 1. The zero-order chi connectivity index (χ0) is 39.1. The van der Waals surface area contributed by atoms with E-state index in [2.05, 4.69) is 10.3 Å². The summed E-state index contributed by atoms with van der Waals surface area (Å²) in [5.74, 6) is -2.86. The van der Waals surface area contributed by atoms with Crippen LogP contribution in [-0.2, 0) is 23.9 Å². The van der Waals surface area contributed by atoms with Crippen molar-refractivity contribution in [3.8, 4) is 22.6 Å². The third kappa shape index (κ3) is 7.39. The predicted molar refractivity (Wildman–Crippen MR) is 194 cm³/mol. The van der Waals surface area contributed by atoms with Crippen molar-refractivity contribution in [2.45, 2.75) is 56.9 Å². The quantitative estimate of drug-likeness (QED) is 0.0636. The molecule has 3 aliphatic rings. The molecule has 8 unspecified atom stereocenters. The minimum absolute atomic E-state index is 0.0359. The number of hydrogen-bond donors (Lipinski definition) is 7. The van der Waals surface area contributed by atoms with Crippen molar-refractivity contribution in [1.82, 2.24) is 5.32 Å². The molecule has 286 valence electrons. The molecule has 0 bridgehead atoms. The highest BCUT2D eigenvalue weighted by molar-refractivity contribution is 5.98. The molecular formula is C39H38N3O13+. The second-order valence-corrected chi connectivity index (χ2v) is 13.4. The van der Waals surface area contributed by atoms with Gasteiger partial charge in [-0.15, -0.1) is 0 Å². The number of aliphatic hydroxyl groups excluding tert-OH is 3. The summed E-state index contributed by atoms with van der Waals surface area (Å²) in [7, 11) is 1.20. The molecule has 3 aliphatic heterocycles. The first-order valence-corrected chi connectivity index (χ1v) is 17.2. The molecule has 16 heteroatoms. The molecule has 0 aliphatic carbocycles. The van der Waals surface area contributed by atoms with E-state index in [0.29, 0.717) is 22.0 Å².